The largest absolute Gasteiger partial charge is 0.372 e. The van der Waals surface area contributed by atoms with Gasteiger partial charge in [-0.2, -0.15) is 5.10 Å². The number of nitrogens with one attached hydrogen (secondary N) is 1. The van der Waals surface area contributed by atoms with Crippen LogP contribution in [0.1, 0.15) is 23.7 Å². The molecule has 0 unspecified atom stereocenters. The lowest BCUT2D eigenvalue weighted by atomic mass is 10.2. The van der Waals surface area contributed by atoms with Crippen molar-refractivity contribution in [3.8, 4) is 5.69 Å². The molecule has 1 amide bonds. The highest BCUT2D eigenvalue weighted by molar-refractivity contribution is 7.90. The van der Waals surface area contributed by atoms with E-state index in [2.05, 4.69) is 10.4 Å². The molecule has 0 saturated heterocycles. The van der Waals surface area contributed by atoms with Crippen molar-refractivity contribution >= 4 is 21.6 Å². The molecule has 24 heavy (non-hydrogen) atoms. The van der Waals surface area contributed by atoms with Gasteiger partial charge >= 0.3 is 0 Å². The Morgan fingerprint density at radius 2 is 2.17 bits per heavy atom. The molecule has 2 aromatic rings. The van der Waals surface area contributed by atoms with Crippen LogP contribution in [0.5, 0.6) is 0 Å². The summed E-state index contributed by atoms with van der Waals surface area (Å²) in [7, 11) is -3.20. The average Bonchev–Trinajstić information content (AvgIpc) is 2.98. The van der Waals surface area contributed by atoms with Crippen molar-refractivity contribution < 1.29 is 17.9 Å². The van der Waals surface area contributed by atoms with Crippen LogP contribution in [0.2, 0.25) is 0 Å². The Labute approximate surface area is 140 Å². The van der Waals surface area contributed by atoms with Crippen LogP contribution < -0.4 is 5.32 Å². The normalized spacial score (nSPS) is 15.2. The molecule has 1 N–H and O–H groups in total. The van der Waals surface area contributed by atoms with E-state index in [1.165, 1.54) is 0 Å². The van der Waals surface area contributed by atoms with Gasteiger partial charge in [0.2, 0.25) is 0 Å². The smallest absolute Gasteiger partial charge is 0.251 e. The highest BCUT2D eigenvalue weighted by Gasteiger charge is 2.33. The van der Waals surface area contributed by atoms with E-state index < -0.39 is 9.84 Å². The molecule has 0 fully saturated rings. The average molecular weight is 349 g/mol. The first-order chi connectivity index (χ1) is 11.4. The van der Waals surface area contributed by atoms with Gasteiger partial charge in [0.15, 0.2) is 9.84 Å². The van der Waals surface area contributed by atoms with Crippen LogP contribution in [0.3, 0.4) is 0 Å². The number of aromatic nitrogens is 2. The molecule has 0 bridgehead atoms. The molecule has 3 rings (SSSR count). The Hall–Kier alpha value is -2.19. The summed E-state index contributed by atoms with van der Waals surface area (Å²) in [6, 6.07) is 7.63. The minimum atomic E-state index is -3.20. The summed E-state index contributed by atoms with van der Waals surface area (Å²) in [6.07, 6.45) is 0. The molecule has 8 heteroatoms. The van der Waals surface area contributed by atoms with Crippen LogP contribution in [-0.2, 0) is 30.9 Å². The molecule has 0 spiro atoms. The van der Waals surface area contributed by atoms with Gasteiger partial charge in [0.1, 0.15) is 12.4 Å². The van der Waals surface area contributed by atoms with Gasteiger partial charge in [-0.1, -0.05) is 12.1 Å². The number of benzene rings is 1. The Morgan fingerprint density at radius 1 is 1.38 bits per heavy atom. The molecular weight excluding hydrogens is 330 g/mol. The molecule has 0 radical (unpaired) electrons. The Morgan fingerprint density at radius 3 is 2.88 bits per heavy atom. The van der Waals surface area contributed by atoms with Crippen molar-refractivity contribution in [2.24, 2.45) is 0 Å². The van der Waals surface area contributed by atoms with Gasteiger partial charge in [-0.05, 0) is 31.5 Å². The van der Waals surface area contributed by atoms with Crippen LogP contribution in [0.25, 0.3) is 5.69 Å². The van der Waals surface area contributed by atoms with E-state index in [-0.39, 0.29) is 24.0 Å². The number of hydrogen-bond donors (Lipinski definition) is 1. The van der Waals surface area contributed by atoms with Crippen molar-refractivity contribution in [3.05, 3.63) is 41.1 Å². The predicted octanol–water partition coefficient (Wildman–Crippen LogP) is 1.58. The molecular formula is C16H19N3O4S. The zero-order valence-electron chi connectivity index (χ0n) is 13.6. The van der Waals surface area contributed by atoms with Crippen LogP contribution in [0.4, 0.5) is 5.82 Å². The topological polar surface area (TPSA) is 90.3 Å². The van der Waals surface area contributed by atoms with Crippen molar-refractivity contribution in [3.63, 3.8) is 0 Å². The molecule has 1 aliphatic rings. The van der Waals surface area contributed by atoms with Crippen LogP contribution in [-0.4, -0.2) is 37.3 Å². The van der Waals surface area contributed by atoms with E-state index in [9.17, 15) is 13.2 Å². The summed E-state index contributed by atoms with van der Waals surface area (Å²) in [4.78, 5) is 12.1. The van der Waals surface area contributed by atoms with Crippen LogP contribution in [0.15, 0.2) is 24.3 Å². The summed E-state index contributed by atoms with van der Waals surface area (Å²) in [5, 5.41) is 7.17. The van der Waals surface area contributed by atoms with Crippen LogP contribution in [0, 0.1) is 6.92 Å². The Bertz CT molecular complexity index is 887. The molecule has 1 aliphatic heterocycles. The first-order valence-corrected chi connectivity index (χ1v) is 9.47. The second-order valence-corrected chi connectivity index (χ2v) is 7.81. The number of hydrogen-bond acceptors (Lipinski definition) is 5. The minimum Gasteiger partial charge on any atom is -0.372 e. The molecule has 1 aromatic heterocycles. The molecule has 7 nitrogen and oxygen atoms in total. The van der Waals surface area contributed by atoms with Crippen LogP contribution >= 0.6 is 0 Å². The zero-order valence-corrected chi connectivity index (χ0v) is 14.4. The van der Waals surface area contributed by atoms with Crippen molar-refractivity contribution in [2.45, 2.75) is 25.4 Å². The van der Waals surface area contributed by atoms with Gasteiger partial charge in [0.25, 0.3) is 5.91 Å². The van der Waals surface area contributed by atoms with Gasteiger partial charge in [-0.15, -0.1) is 0 Å². The summed E-state index contributed by atoms with van der Waals surface area (Å²) >= 11 is 0. The molecule has 0 saturated carbocycles. The fourth-order valence-electron chi connectivity index (χ4n) is 2.68. The quantitative estimate of drug-likeness (QED) is 0.885. The SMILES string of the molecule is CCOCC(=O)Nc1c2c(nn1-c1cccc(C)c1)CS(=O)(=O)C2. The third kappa shape index (κ3) is 3.34. The number of aryl methyl sites for hydroxylation is 1. The lowest BCUT2D eigenvalue weighted by molar-refractivity contribution is -0.120. The minimum absolute atomic E-state index is 0.0863. The Kier molecular flexibility index (Phi) is 4.42. The standard InChI is InChI=1S/C16H19N3O4S/c1-3-23-8-15(20)17-16-13-9-24(21,22)10-14(13)18-19(16)12-6-4-5-11(2)7-12/h4-7H,3,8-10H2,1-2H3,(H,17,20). The second kappa shape index (κ2) is 6.37. The lowest BCUT2D eigenvalue weighted by Gasteiger charge is -2.11. The van der Waals surface area contributed by atoms with E-state index in [0.717, 1.165) is 11.3 Å². The van der Waals surface area contributed by atoms with Gasteiger partial charge < -0.3 is 10.1 Å². The summed E-state index contributed by atoms with van der Waals surface area (Å²) in [6.45, 7) is 4.10. The van der Waals surface area contributed by atoms with E-state index in [1.54, 1.807) is 11.6 Å². The van der Waals surface area contributed by atoms with E-state index in [4.69, 9.17) is 4.74 Å². The van der Waals surface area contributed by atoms with E-state index in [0.29, 0.717) is 23.7 Å². The summed E-state index contributed by atoms with van der Waals surface area (Å²) in [5.41, 5.74) is 2.86. The maximum Gasteiger partial charge on any atom is 0.251 e. The first-order valence-electron chi connectivity index (χ1n) is 7.65. The van der Waals surface area contributed by atoms with E-state index >= 15 is 0 Å². The number of anilines is 1. The Balaban J connectivity index is 2.02. The number of ether oxygens (including phenoxy) is 1. The maximum absolute atomic E-state index is 12.1. The van der Waals surface area contributed by atoms with Gasteiger partial charge in [0, 0.05) is 12.2 Å². The fraction of sp³-hybridized carbons (Fsp3) is 0.375. The van der Waals surface area contributed by atoms with Crippen molar-refractivity contribution in [1.82, 2.24) is 9.78 Å². The number of carbonyl (C=O) groups excluding carboxylic acids is 1. The monoisotopic (exact) mass is 349 g/mol. The summed E-state index contributed by atoms with van der Waals surface area (Å²) < 4.78 is 30.5. The third-order valence-electron chi connectivity index (χ3n) is 3.73. The number of carbonyl (C=O) groups is 1. The third-order valence-corrected chi connectivity index (χ3v) is 5.17. The molecule has 128 valence electrons. The number of amides is 1. The van der Waals surface area contributed by atoms with Crippen molar-refractivity contribution in [1.29, 1.82) is 0 Å². The molecule has 0 aliphatic carbocycles. The molecule has 2 heterocycles. The summed E-state index contributed by atoms with van der Waals surface area (Å²) in [5.74, 6) is -0.146. The maximum atomic E-state index is 12.1. The van der Waals surface area contributed by atoms with E-state index in [1.807, 2.05) is 31.2 Å². The number of nitrogens with zero attached hydrogens (tertiary/aromatic N) is 2. The number of rotatable bonds is 5. The highest BCUT2D eigenvalue weighted by atomic mass is 32.2. The predicted molar refractivity (Wildman–Crippen MR) is 89.8 cm³/mol. The number of sulfone groups is 1. The zero-order chi connectivity index (χ0) is 17.3. The highest BCUT2D eigenvalue weighted by Crippen LogP contribution is 2.33. The second-order valence-electron chi connectivity index (χ2n) is 5.74. The fourth-order valence-corrected chi connectivity index (χ4v) is 4.17. The van der Waals surface area contributed by atoms with Gasteiger partial charge in [-0.3, -0.25) is 4.79 Å². The first kappa shape index (κ1) is 16.7. The van der Waals surface area contributed by atoms with Gasteiger partial charge in [-0.25, -0.2) is 13.1 Å². The lowest BCUT2D eigenvalue weighted by Crippen LogP contribution is -2.21. The molecule has 1 aromatic carbocycles. The molecule has 0 atom stereocenters. The number of fused-ring (bicyclic) bond motifs is 1. The van der Waals surface area contributed by atoms with Gasteiger partial charge in [0.05, 0.1) is 22.9 Å². The van der Waals surface area contributed by atoms with Crippen molar-refractivity contribution in [2.75, 3.05) is 18.5 Å².